The molecular formula is C42H50CoN3O4. The summed E-state index contributed by atoms with van der Waals surface area (Å²) in [4.78, 5) is 25.8. The van der Waals surface area contributed by atoms with Crippen molar-refractivity contribution in [3.05, 3.63) is 111 Å². The fraction of sp³-hybridized carbons (Fsp3) is 0.381. The van der Waals surface area contributed by atoms with E-state index in [2.05, 4.69) is 77.9 Å². The van der Waals surface area contributed by atoms with Crippen LogP contribution in [0.3, 0.4) is 0 Å². The molecule has 1 saturated carbocycles. The van der Waals surface area contributed by atoms with Crippen LogP contribution in [0.4, 0.5) is 11.4 Å². The van der Waals surface area contributed by atoms with E-state index >= 15 is 0 Å². The van der Waals surface area contributed by atoms with Crippen molar-refractivity contribution in [3.63, 3.8) is 0 Å². The van der Waals surface area contributed by atoms with E-state index in [0.29, 0.717) is 17.4 Å². The topological polar surface area (TPSA) is 118 Å². The number of benzene rings is 3. The summed E-state index contributed by atoms with van der Waals surface area (Å²) in [5.74, 6) is -1.45. The van der Waals surface area contributed by atoms with Crippen LogP contribution in [0, 0.1) is 13.8 Å². The number of carboxylic acid groups (broad SMARTS) is 1. The molecule has 0 bridgehead atoms. The van der Waals surface area contributed by atoms with Gasteiger partial charge in [0.2, 0.25) is 0 Å². The van der Waals surface area contributed by atoms with Crippen LogP contribution in [0.25, 0.3) is 0 Å². The van der Waals surface area contributed by atoms with Crippen LogP contribution in [-0.2, 0) is 16.8 Å². The summed E-state index contributed by atoms with van der Waals surface area (Å²) < 4.78 is 0. The maximum Gasteiger partial charge on any atom is 1.00 e. The second-order valence-corrected chi connectivity index (χ2v) is 13.8. The standard InChI is InChI=1S/C29H35N3.C13H16O4.Co/c1-18(2)24-16-20(5)12-14-28(24)30-22(7)26-10-9-11-27(32-26)23(8)31-29-15-13-21(6)17-25(29)19(3)4;14-10-7-6-9(8-4-2-1-3-5-8)11(12(10)15)13(16)17;/h9-19H,1-8H3;6-8,14-15H,1-5H2,(H,16,17);/q;;+1/p-1. The number of aromatic nitrogens is 1. The van der Waals surface area contributed by atoms with Crippen molar-refractivity contribution in [2.75, 3.05) is 0 Å². The summed E-state index contributed by atoms with van der Waals surface area (Å²) in [6.45, 7) is 17.1. The molecule has 0 atom stereocenters. The number of nitrogens with zero attached hydrogens (tertiary/aromatic N) is 3. The van der Waals surface area contributed by atoms with E-state index in [1.807, 2.05) is 32.0 Å². The molecule has 266 valence electrons. The van der Waals surface area contributed by atoms with E-state index in [-0.39, 0.29) is 28.3 Å². The van der Waals surface area contributed by atoms with E-state index in [0.717, 1.165) is 59.9 Å². The average molecular weight is 720 g/mol. The summed E-state index contributed by atoms with van der Waals surface area (Å²) in [6.07, 6.45) is 5.15. The van der Waals surface area contributed by atoms with Crippen molar-refractivity contribution < 1.29 is 36.9 Å². The summed E-state index contributed by atoms with van der Waals surface area (Å²) in [6, 6.07) is 21.9. The third-order valence-electron chi connectivity index (χ3n) is 9.11. The first-order chi connectivity index (χ1) is 23.3. The summed E-state index contributed by atoms with van der Waals surface area (Å²) >= 11 is 0. The Morgan fingerprint density at radius 2 is 1.24 bits per heavy atom. The number of aromatic hydroxyl groups is 2. The van der Waals surface area contributed by atoms with Crippen molar-refractivity contribution in [1.29, 1.82) is 0 Å². The Morgan fingerprint density at radius 3 is 1.68 bits per heavy atom. The van der Waals surface area contributed by atoms with Crippen molar-refractivity contribution in [3.8, 4) is 11.5 Å². The number of aliphatic imine (C=N–C) groups is 2. The number of phenols is 2. The van der Waals surface area contributed by atoms with Crippen molar-refractivity contribution in [2.24, 2.45) is 9.98 Å². The van der Waals surface area contributed by atoms with Gasteiger partial charge in [-0.25, -0.2) is 4.98 Å². The molecule has 4 aromatic rings. The Balaban J connectivity index is 0.000000316. The molecule has 1 aliphatic rings. The van der Waals surface area contributed by atoms with E-state index in [1.54, 1.807) is 6.07 Å². The summed E-state index contributed by atoms with van der Waals surface area (Å²) in [5.41, 5.74) is 11.0. The predicted octanol–water partition coefficient (Wildman–Crippen LogP) is 9.73. The van der Waals surface area contributed by atoms with Crippen molar-refractivity contribution >= 4 is 28.8 Å². The SMILES string of the molecule is CC(=Nc1ccc(C)cc1C(C)C)c1cccc(C(C)=Nc2ccc(C)cc2C(C)C)n1.O=C([O-])c1c(C2CCCCC2)ccc(O)c1O.[Co+]. The number of phenolic OH excluding ortho intramolecular Hbond substituents is 1. The maximum atomic E-state index is 11.1. The molecule has 1 heterocycles. The van der Waals surface area contributed by atoms with Gasteiger partial charge in [-0.05, 0) is 105 Å². The molecule has 1 fully saturated rings. The minimum Gasteiger partial charge on any atom is -0.545 e. The number of rotatable bonds is 8. The largest absolute Gasteiger partial charge is 1.00 e. The van der Waals surface area contributed by atoms with E-state index in [9.17, 15) is 20.1 Å². The van der Waals surface area contributed by atoms with Crippen LogP contribution < -0.4 is 5.11 Å². The van der Waals surface area contributed by atoms with Crippen LogP contribution >= 0.6 is 0 Å². The molecular weight excluding hydrogens is 669 g/mol. The number of hydrogen-bond acceptors (Lipinski definition) is 7. The Kier molecular flexibility index (Phi) is 14.5. The van der Waals surface area contributed by atoms with Gasteiger partial charge in [-0.3, -0.25) is 9.98 Å². The van der Waals surface area contributed by atoms with Gasteiger partial charge in [-0.1, -0.05) is 94.5 Å². The molecule has 7 nitrogen and oxygen atoms in total. The number of aryl methyl sites for hydroxylation is 2. The van der Waals surface area contributed by atoms with Gasteiger partial charge in [0.15, 0.2) is 11.5 Å². The van der Waals surface area contributed by atoms with Gasteiger partial charge >= 0.3 is 16.8 Å². The van der Waals surface area contributed by atoms with E-state index < -0.39 is 17.5 Å². The molecule has 0 saturated heterocycles. The summed E-state index contributed by atoms with van der Waals surface area (Å²) in [7, 11) is 0. The Labute approximate surface area is 307 Å². The first kappa shape index (κ1) is 40.2. The molecule has 0 spiro atoms. The molecule has 3 aromatic carbocycles. The second kappa shape index (κ2) is 18.1. The number of hydrogen-bond donors (Lipinski definition) is 2. The molecule has 0 radical (unpaired) electrons. The Hall–Kier alpha value is -4.27. The maximum absolute atomic E-state index is 11.1. The molecule has 0 unspecified atom stereocenters. The van der Waals surface area contributed by atoms with Gasteiger partial charge in [0.25, 0.3) is 0 Å². The van der Waals surface area contributed by atoms with Gasteiger partial charge in [0.05, 0.1) is 40.2 Å². The Morgan fingerprint density at radius 1 is 0.760 bits per heavy atom. The normalized spacial score (nSPS) is 13.9. The van der Waals surface area contributed by atoms with Gasteiger partial charge in [0, 0.05) is 5.56 Å². The summed E-state index contributed by atoms with van der Waals surface area (Å²) in [5, 5.41) is 30.0. The first-order valence-electron chi connectivity index (χ1n) is 17.3. The van der Waals surface area contributed by atoms with Crippen LogP contribution in [0.5, 0.6) is 11.5 Å². The molecule has 8 heteroatoms. The fourth-order valence-corrected chi connectivity index (χ4v) is 6.35. The van der Waals surface area contributed by atoms with Crippen LogP contribution in [0.1, 0.15) is 141 Å². The van der Waals surface area contributed by atoms with Gasteiger partial charge in [-0.15, -0.1) is 0 Å². The number of carbonyl (C=O) groups excluding carboxylic acids is 1. The zero-order valence-corrected chi connectivity index (χ0v) is 31.5. The molecule has 0 amide bonds. The zero-order chi connectivity index (χ0) is 35.8. The number of aromatic carboxylic acids is 1. The number of pyridine rings is 1. The third-order valence-corrected chi connectivity index (χ3v) is 9.11. The smallest absolute Gasteiger partial charge is 0.545 e. The van der Waals surface area contributed by atoms with Gasteiger partial charge < -0.3 is 20.1 Å². The fourth-order valence-electron chi connectivity index (χ4n) is 6.35. The predicted molar refractivity (Wildman–Crippen MR) is 198 cm³/mol. The molecule has 1 aromatic heterocycles. The number of carboxylic acids is 1. The molecule has 1 aliphatic carbocycles. The second-order valence-electron chi connectivity index (χ2n) is 13.8. The molecule has 5 rings (SSSR count). The average Bonchev–Trinajstić information content (AvgIpc) is 3.07. The number of carbonyl (C=O) groups is 1. The van der Waals surface area contributed by atoms with Crippen LogP contribution in [-0.4, -0.2) is 32.6 Å². The van der Waals surface area contributed by atoms with Crippen LogP contribution in [0.2, 0.25) is 0 Å². The minimum absolute atomic E-state index is 0. The van der Waals surface area contributed by atoms with Gasteiger partial charge in [-0.2, -0.15) is 0 Å². The zero-order valence-electron chi connectivity index (χ0n) is 30.5. The molecule has 0 aliphatic heterocycles. The van der Waals surface area contributed by atoms with Crippen molar-refractivity contribution in [1.82, 2.24) is 4.98 Å². The molecule has 50 heavy (non-hydrogen) atoms. The monoisotopic (exact) mass is 719 g/mol. The Bertz CT molecular complexity index is 1770. The van der Waals surface area contributed by atoms with E-state index in [1.165, 1.54) is 34.7 Å². The third kappa shape index (κ3) is 10.1. The van der Waals surface area contributed by atoms with E-state index in [4.69, 9.17) is 15.0 Å². The quantitative estimate of drug-likeness (QED) is 0.139. The molecule has 2 N–H and O–H groups in total. The minimum atomic E-state index is -1.43. The van der Waals surface area contributed by atoms with Crippen LogP contribution in [0.15, 0.2) is 76.7 Å². The first-order valence-corrected chi connectivity index (χ1v) is 17.3. The van der Waals surface area contributed by atoms with Gasteiger partial charge in [0.1, 0.15) is 0 Å². The van der Waals surface area contributed by atoms with Crippen molar-refractivity contribution in [2.45, 2.75) is 105 Å².